The van der Waals surface area contributed by atoms with E-state index in [-0.39, 0.29) is 23.9 Å². The van der Waals surface area contributed by atoms with Crippen molar-refractivity contribution in [1.29, 1.82) is 5.26 Å². The van der Waals surface area contributed by atoms with Crippen molar-refractivity contribution in [2.24, 2.45) is 11.3 Å². The molecule has 0 heterocycles. The van der Waals surface area contributed by atoms with Gasteiger partial charge in [-0.05, 0) is 39.2 Å². The number of hydrogen-bond acceptors (Lipinski definition) is 3. The third-order valence-corrected chi connectivity index (χ3v) is 3.68. The molecule has 0 aliphatic heterocycles. The lowest BCUT2D eigenvalue weighted by Crippen LogP contribution is -2.41. The van der Waals surface area contributed by atoms with Crippen molar-refractivity contribution in [3.05, 3.63) is 23.8 Å². The first-order chi connectivity index (χ1) is 8.35. The summed E-state index contributed by atoms with van der Waals surface area (Å²) < 4.78 is 0. The summed E-state index contributed by atoms with van der Waals surface area (Å²) in [6.45, 7) is 8.95. The highest BCUT2D eigenvalue weighted by molar-refractivity contribution is 6.02. The number of rotatable bonds is 4. The van der Waals surface area contributed by atoms with E-state index in [9.17, 15) is 14.9 Å². The van der Waals surface area contributed by atoms with Crippen LogP contribution in [-0.2, 0) is 9.59 Å². The summed E-state index contributed by atoms with van der Waals surface area (Å²) in [5.74, 6) is -0.325. The summed E-state index contributed by atoms with van der Waals surface area (Å²) in [6.07, 6.45) is 3.07. The summed E-state index contributed by atoms with van der Waals surface area (Å²) in [6, 6.07) is 2.18. The normalized spacial score (nSPS) is 27.3. The van der Waals surface area contributed by atoms with Crippen LogP contribution in [0.4, 0.5) is 0 Å². The van der Waals surface area contributed by atoms with Crippen molar-refractivity contribution in [3.63, 3.8) is 0 Å². The fraction of sp³-hybridized carbons (Fsp3) is 0.533. The Hall–Kier alpha value is -1.69. The molecule has 0 saturated heterocycles. The molecule has 96 valence electrons. The van der Waals surface area contributed by atoms with Crippen molar-refractivity contribution >= 4 is 11.6 Å². The number of hydrogen-bond donors (Lipinski definition) is 0. The fourth-order valence-corrected chi connectivity index (χ4v) is 2.57. The molecular formula is C15H19NO2. The third kappa shape index (κ3) is 2.43. The fourth-order valence-electron chi connectivity index (χ4n) is 2.57. The highest BCUT2D eigenvalue weighted by Crippen LogP contribution is 2.44. The third-order valence-electron chi connectivity index (χ3n) is 3.68. The topological polar surface area (TPSA) is 57.9 Å². The van der Waals surface area contributed by atoms with Gasteiger partial charge in [-0.2, -0.15) is 5.26 Å². The molecule has 0 fully saturated rings. The van der Waals surface area contributed by atoms with Gasteiger partial charge in [0.05, 0.1) is 6.07 Å². The van der Waals surface area contributed by atoms with Crippen molar-refractivity contribution < 1.29 is 9.59 Å². The largest absolute Gasteiger partial charge is 0.300 e. The van der Waals surface area contributed by atoms with E-state index < -0.39 is 5.41 Å². The minimum absolute atomic E-state index is 0.00472. The molecule has 0 bridgehead atoms. The van der Waals surface area contributed by atoms with Gasteiger partial charge in [-0.25, -0.2) is 0 Å². The Morgan fingerprint density at radius 1 is 1.61 bits per heavy atom. The number of nitriles is 1. The Kier molecular flexibility index (Phi) is 4.24. The van der Waals surface area contributed by atoms with Gasteiger partial charge in [0.15, 0.2) is 5.78 Å². The summed E-state index contributed by atoms with van der Waals surface area (Å²) in [5, 5.41) is 9.51. The van der Waals surface area contributed by atoms with Crippen LogP contribution in [0, 0.1) is 22.7 Å². The molecule has 0 N–H and O–H groups in total. The zero-order valence-corrected chi connectivity index (χ0v) is 11.2. The second kappa shape index (κ2) is 5.30. The maximum atomic E-state index is 12.4. The van der Waals surface area contributed by atoms with Gasteiger partial charge < -0.3 is 4.79 Å². The smallest absolute Gasteiger partial charge is 0.179 e. The molecule has 0 saturated carbocycles. The van der Waals surface area contributed by atoms with Crippen molar-refractivity contribution in [2.75, 3.05) is 0 Å². The quantitative estimate of drug-likeness (QED) is 0.715. The SMILES string of the molecule is C=C(C)[C@@H]1CC=C(C)C(=O)[C@]1(C#N)CCC(C)=O. The van der Waals surface area contributed by atoms with E-state index in [1.54, 1.807) is 6.92 Å². The molecule has 0 radical (unpaired) electrons. The summed E-state index contributed by atoms with van der Waals surface area (Å²) in [4.78, 5) is 23.5. The van der Waals surface area contributed by atoms with Crippen LogP contribution in [0.1, 0.15) is 40.0 Å². The van der Waals surface area contributed by atoms with Gasteiger partial charge in [0.1, 0.15) is 11.2 Å². The van der Waals surface area contributed by atoms with Crippen molar-refractivity contribution in [2.45, 2.75) is 40.0 Å². The minimum Gasteiger partial charge on any atom is -0.300 e. The summed E-state index contributed by atoms with van der Waals surface area (Å²) in [5.41, 5.74) is 0.353. The molecule has 0 spiro atoms. The first-order valence-corrected chi connectivity index (χ1v) is 6.13. The molecule has 2 atom stereocenters. The lowest BCUT2D eigenvalue weighted by Gasteiger charge is -2.37. The maximum absolute atomic E-state index is 12.4. The predicted molar refractivity (Wildman–Crippen MR) is 69.6 cm³/mol. The lowest BCUT2D eigenvalue weighted by molar-refractivity contribution is -0.125. The average Bonchev–Trinajstić information content (AvgIpc) is 2.30. The van der Waals surface area contributed by atoms with E-state index in [4.69, 9.17) is 0 Å². The number of ketones is 2. The van der Waals surface area contributed by atoms with E-state index in [0.717, 1.165) is 5.57 Å². The lowest BCUT2D eigenvalue weighted by atomic mass is 9.62. The van der Waals surface area contributed by atoms with Crippen LogP contribution in [0.25, 0.3) is 0 Å². The molecule has 18 heavy (non-hydrogen) atoms. The van der Waals surface area contributed by atoms with Gasteiger partial charge in [-0.1, -0.05) is 18.2 Å². The van der Waals surface area contributed by atoms with Crippen LogP contribution in [0.3, 0.4) is 0 Å². The highest BCUT2D eigenvalue weighted by Gasteiger charge is 2.48. The first-order valence-electron chi connectivity index (χ1n) is 6.13. The van der Waals surface area contributed by atoms with E-state index in [1.807, 2.05) is 13.0 Å². The molecule has 0 amide bonds. The predicted octanol–water partition coefficient (Wildman–Crippen LogP) is 2.98. The van der Waals surface area contributed by atoms with E-state index in [2.05, 4.69) is 12.6 Å². The number of allylic oxidation sites excluding steroid dienone is 3. The van der Waals surface area contributed by atoms with Crippen molar-refractivity contribution in [3.8, 4) is 6.07 Å². The van der Waals surface area contributed by atoms with Crippen LogP contribution in [-0.4, -0.2) is 11.6 Å². The van der Waals surface area contributed by atoms with E-state index in [0.29, 0.717) is 18.4 Å². The van der Waals surface area contributed by atoms with Crippen LogP contribution in [0.2, 0.25) is 0 Å². The maximum Gasteiger partial charge on any atom is 0.179 e. The first kappa shape index (κ1) is 14.4. The Morgan fingerprint density at radius 2 is 2.22 bits per heavy atom. The van der Waals surface area contributed by atoms with Crippen LogP contribution in [0.15, 0.2) is 23.8 Å². The molecular weight excluding hydrogens is 226 g/mol. The van der Waals surface area contributed by atoms with Crippen LogP contribution >= 0.6 is 0 Å². The molecule has 0 aromatic rings. The number of carbonyl (C=O) groups excluding carboxylic acids is 2. The second-order valence-electron chi connectivity index (χ2n) is 5.14. The Bertz CT molecular complexity index is 467. The molecule has 0 aromatic carbocycles. The molecule has 1 rings (SSSR count). The molecule has 3 nitrogen and oxygen atoms in total. The second-order valence-corrected chi connectivity index (χ2v) is 5.14. The van der Waals surface area contributed by atoms with E-state index >= 15 is 0 Å². The zero-order valence-electron chi connectivity index (χ0n) is 11.2. The van der Waals surface area contributed by atoms with Gasteiger partial charge in [-0.15, -0.1) is 0 Å². The molecule has 0 unspecified atom stereocenters. The zero-order chi connectivity index (χ0) is 13.9. The van der Waals surface area contributed by atoms with Crippen LogP contribution < -0.4 is 0 Å². The number of carbonyl (C=O) groups is 2. The summed E-state index contributed by atoms with van der Waals surface area (Å²) in [7, 11) is 0. The molecule has 0 aromatic heterocycles. The Balaban J connectivity index is 3.20. The molecule has 1 aliphatic carbocycles. The Morgan fingerprint density at radius 3 is 2.67 bits per heavy atom. The monoisotopic (exact) mass is 245 g/mol. The van der Waals surface area contributed by atoms with Crippen molar-refractivity contribution in [1.82, 2.24) is 0 Å². The highest BCUT2D eigenvalue weighted by atomic mass is 16.1. The minimum atomic E-state index is -1.10. The Labute approximate surface area is 108 Å². The van der Waals surface area contributed by atoms with Gasteiger partial charge in [0.2, 0.25) is 0 Å². The van der Waals surface area contributed by atoms with Gasteiger partial charge in [0, 0.05) is 12.3 Å². The van der Waals surface area contributed by atoms with Crippen LogP contribution in [0.5, 0.6) is 0 Å². The van der Waals surface area contributed by atoms with Gasteiger partial charge in [0.25, 0.3) is 0 Å². The number of Topliss-reactive ketones (excluding diaryl/α,β-unsaturated/α-hetero) is 2. The standard InChI is InChI=1S/C15H19NO2/c1-10(2)13-6-5-11(3)14(18)15(13,9-16)8-7-12(4)17/h5,13H,1,6-8H2,2-4H3/t13-,15-/m0/s1. The van der Waals surface area contributed by atoms with Gasteiger partial charge >= 0.3 is 0 Å². The summed E-state index contributed by atoms with van der Waals surface area (Å²) >= 11 is 0. The van der Waals surface area contributed by atoms with Gasteiger partial charge in [-0.3, -0.25) is 4.79 Å². The molecule has 1 aliphatic rings. The average molecular weight is 245 g/mol. The van der Waals surface area contributed by atoms with E-state index in [1.165, 1.54) is 6.92 Å². The number of nitrogens with zero attached hydrogens (tertiary/aromatic N) is 1. The molecule has 3 heteroatoms.